The molecule has 21 heavy (non-hydrogen) atoms. The van der Waals surface area contributed by atoms with Crippen molar-refractivity contribution >= 4 is 0 Å². The average Bonchev–Trinajstić information content (AvgIpc) is 2.88. The Kier molecular flexibility index (Phi) is 34.5. The van der Waals surface area contributed by atoms with Gasteiger partial charge in [-0.1, -0.05) is 48.5 Å². The topological polar surface area (TPSA) is 52.0 Å². The fourth-order valence-electron chi connectivity index (χ4n) is 0.768. The summed E-state index contributed by atoms with van der Waals surface area (Å²) in [4.78, 5) is 0. The third-order valence-corrected chi connectivity index (χ3v) is 1.45. The van der Waals surface area contributed by atoms with Crippen molar-refractivity contribution in [1.82, 2.24) is 0 Å². The van der Waals surface area contributed by atoms with Crippen LogP contribution in [0.5, 0.6) is 0 Å². The van der Waals surface area contributed by atoms with Crippen molar-refractivity contribution in [3.8, 4) is 0 Å². The van der Waals surface area contributed by atoms with Gasteiger partial charge in [0.05, 0.1) is 0 Å². The van der Waals surface area contributed by atoms with E-state index in [4.69, 9.17) is 5.73 Å². The fraction of sp³-hybridized carbons (Fsp3) is 0.706. The third-order valence-electron chi connectivity index (χ3n) is 1.45. The van der Waals surface area contributed by atoms with E-state index >= 15 is 0 Å². The van der Waals surface area contributed by atoms with Crippen molar-refractivity contribution in [2.45, 2.75) is 54.0 Å². The molecule has 0 saturated heterocycles. The predicted octanol–water partition coefficient (Wildman–Crippen LogP) is 6.04. The molecular formula is C17H35N3Ta-4. The van der Waals surface area contributed by atoms with Crippen LogP contribution in [-0.4, -0.2) is 31.7 Å². The Morgan fingerprint density at radius 3 is 1.10 bits per heavy atom. The molecule has 0 spiro atoms. The van der Waals surface area contributed by atoms with Crippen LogP contribution in [0.3, 0.4) is 0 Å². The summed E-state index contributed by atoms with van der Waals surface area (Å²) in [6, 6.07) is 10.0. The molecule has 1 radical (unpaired) electrons. The molecule has 0 unspecified atom stereocenters. The van der Waals surface area contributed by atoms with E-state index in [2.05, 4.69) is 10.6 Å². The number of hydrogen-bond acceptors (Lipinski definition) is 0. The Hall–Kier alpha value is -0.0297. The van der Waals surface area contributed by atoms with E-state index in [-0.39, 0.29) is 27.9 Å². The summed E-state index contributed by atoms with van der Waals surface area (Å²) in [5, 5.41) is 7.94. The molecule has 4 heteroatoms. The van der Waals surface area contributed by atoms with Gasteiger partial charge in [0.2, 0.25) is 0 Å². The number of nitrogens with zero attached hydrogens (tertiary/aromatic N) is 2. The Morgan fingerprint density at radius 1 is 0.810 bits per heavy atom. The maximum atomic E-state index is 6.94. The first-order valence-electron chi connectivity index (χ1n) is 7.51. The van der Waals surface area contributed by atoms with Gasteiger partial charge in [0.1, 0.15) is 0 Å². The van der Waals surface area contributed by atoms with Gasteiger partial charge in [-0.2, -0.15) is 44.4 Å². The van der Waals surface area contributed by atoms with Gasteiger partial charge in [0, 0.05) is 22.4 Å². The molecule has 0 saturated carbocycles. The smallest absolute Gasteiger partial charge is 0 e. The summed E-state index contributed by atoms with van der Waals surface area (Å²) in [6.07, 6.45) is 0. The van der Waals surface area contributed by atoms with Crippen LogP contribution in [0.2, 0.25) is 0 Å². The quantitative estimate of drug-likeness (QED) is 0.490. The van der Waals surface area contributed by atoms with E-state index in [1.54, 1.807) is 0 Å². The molecule has 1 N–H and O–H groups in total. The molecule has 0 atom stereocenters. The summed E-state index contributed by atoms with van der Waals surface area (Å²) in [5.41, 5.74) is 6.69. The minimum Gasteiger partial charge on any atom is -0.673 e. The van der Waals surface area contributed by atoms with Crippen LogP contribution in [0, 0.1) is 0 Å². The molecule has 1 rings (SSSR count). The summed E-state index contributed by atoms with van der Waals surface area (Å²) >= 11 is 0. The number of hydrogen-bond donors (Lipinski definition) is 0. The minimum absolute atomic E-state index is 0. The Labute approximate surface area is 149 Å². The van der Waals surface area contributed by atoms with Gasteiger partial charge in [-0.3, -0.25) is 0 Å². The zero-order chi connectivity index (χ0) is 16.3. The van der Waals surface area contributed by atoms with E-state index in [1.807, 2.05) is 78.8 Å². The molecule has 0 fully saturated rings. The van der Waals surface area contributed by atoms with E-state index < -0.39 is 0 Å². The molecule has 0 amide bonds. The predicted molar refractivity (Wildman–Crippen MR) is 95.0 cm³/mol. The van der Waals surface area contributed by atoms with Gasteiger partial charge in [-0.15, -0.1) is 5.54 Å². The van der Waals surface area contributed by atoms with Crippen molar-refractivity contribution in [2.75, 3.05) is 26.2 Å². The second-order valence-corrected chi connectivity index (χ2v) is 4.92. The van der Waals surface area contributed by atoms with Gasteiger partial charge >= 0.3 is 0 Å². The van der Waals surface area contributed by atoms with Crippen LogP contribution < -0.4 is 0 Å². The number of nitrogens with one attached hydrogen (secondary N) is 1. The summed E-state index contributed by atoms with van der Waals surface area (Å²) in [7, 11) is 0. The fourth-order valence-corrected chi connectivity index (χ4v) is 0.768. The molecule has 0 aliphatic rings. The zero-order valence-electron chi connectivity index (χ0n) is 15.1. The van der Waals surface area contributed by atoms with Crippen molar-refractivity contribution in [3.05, 3.63) is 46.7 Å². The SMILES string of the molecule is CC(C)(C)[NH-].CC[N-]CC.CC[N-]CC.[Ta].c1cc[cH-]c1. The van der Waals surface area contributed by atoms with Gasteiger partial charge in [-0.25, -0.2) is 12.1 Å². The monoisotopic (exact) mass is 462 g/mol. The van der Waals surface area contributed by atoms with Crippen molar-refractivity contribution < 1.29 is 22.4 Å². The van der Waals surface area contributed by atoms with Gasteiger partial charge in [-0.05, 0) is 0 Å². The molecule has 3 nitrogen and oxygen atoms in total. The van der Waals surface area contributed by atoms with Crippen LogP contribution >= 0.6 is 0 Å². The van der Waals surface area contributed by atoms with E-state index in [9.17, 15) is 0 Å². The first-order valence-corrected chi connectivity index (χ1v) is 7.51. The molecule has 0 aromatic heterocycles. The molecule has 0 aliphatic carbocycles. The molecule has 0 bridgehead atoms. The van der Waals surface area contributed by atoms with Crippen LogP contribution in [-0.2, 0) is 22.4 Å². The van der Waals surface area contributed by atoms with E-state index in [0.717, 1.165) is 26.2 Å². The number of rotatable bonds is 4. The second-order valence-electron chi connectivity index (χ2n) is 4.92. The molecule has 1 aromatic rings. The van der Waals surface area contributed by atoms with Gasteiger partial charge < -0.3 is 16.4 Å². The van der Waals surface area contributed by atoms with Crippen LogP contribution in [0.4, 0.5) is 0 Å². The zero-order valence-corrected chi connectivity index (χ0v) is 18.3. The first kappa shape index (κ1) is 29.0. The Morgan fingerprint density at radius 2 is 1.05 bits per heavy atom. The van der Waals surface area contributed by atoms with Crippen molar-refractivity contribution in [2.24, 2.45) is 0 Å². The summed E-state index contributed by atoms with van der Waals surface area (Å²) in [6.45, 7) is 17.6. The third kappa shape index (κ3) is 80.1. The Bertz CT molecular complexity index is 185. The molecular weight excluding hydrogens is 427 g/mol. The Balaban J connectivity index is -0.0000000903. The van der Waals surface area contributed by atoms with E-state index in [0.29, 0.717) is 0 Å². The standard InChI is InChI=1S/C5H5.3C4H10N.Ta/c1-2-4-5-3-1;1-4(2,3)5;2*1-3-5-4-2;/h1-5H;5H,1-3H3;2*3-4H2,1-2H3;/q4*-1;. The van der Waals surface area contributed by atoms with E-state index in [1.165, 1.54) is 0 Å². The summed E-state index contributed by atoms with van der Waals surface area (Å²) in [5.74, 6) is 0. The maximum Gasteiger partial charge on any atom is 0 e. The second kappa shape index (κ2) is 25.0. The van der Waals surface area contributed by atoms with Gasteiger partial charge in [0.25, 0.3) is 0 Å². The average molecular weight is 462 g/mol. The molecule has 0 heterocycles. The van der Waals surface area contributed by atoms with Crippen LogP contribution in [0.25, 0.3) is 16.4 Å². The minimum atomic E-state index is -0.250. The largest absolute Gasteiger partial charge is 0.673 e. The van der Waals surface area contributed by atoms with Crippen LogP contribution in [0.15, 0.2) is 30.3 Å². The van der Waals surface area contributed by atoms with Crippen LogP contribution in [0.1, 0.15) is 48.5 Å². The molecule has 1 aromatic carbocycles. The molecule has 127 valence electrons. The normalized spacial score (nSPS) is 8.76. The summed E-state index contributed by atoms with van der Waals surface area (Å²) < 4.78 is 0. The molecule has 0 aliphatic heterocycles. The van der Waals surface area contributed by atoms with Gasteiger partial charge in [0.15, 0.2) is 0 Å². The van der Waals surface area contributed by atoms with Crippen molar-refractivity contribution in [3.63, 3.8) is 0 Å². The first-order chi connectivity index (χ1) is 9.33. The maximum absolute atomic E-state index is 6.94. The van der Waals surface area contributed by atoms with Crippen molar-refractivity contribution in [1.29, 1.82) is 0 Å².